The van der Waals surface area contributed by atoms with Gasteiger partial charge in [-0.3, -0.25) is 4.79 Å². The molecule has 158 valence electrons. The van der Waals surface area contributed by atoms with Crippen LogP contribution in [0.2, 0.25) is 0 Å². The molecule has 1 N–H and O–H groups in total. The molecule has 2 aromatic rings. The number of hydrogen-bond donors (Lipinski definition) is 1. The van der Waals surface area contributed by atoms with Gasteiger partial charge in [0.2, 0.25) is 0 Å². The lowest BCUT2D eigenvalue weighted by molar-refractivity contribution is -0.137. The number of piperidine rings is 1. The van der Waals surface area contributed by atoms with Gasteiger partial charge in [0, 0.05) is 42.7 Å². The molecule has 2 atom stereocenters. The molecule has 5 nitrogen and oxygen atoms in total. The molecule has 0 spiro atoms. The summed E-state index contributed by atoms with van der Waals surface area (Å²) in [5, 5.41) is 22.9. The maximum absolute atomic E-state index is 13.4. The number of hydrogen-bond acceptors (Lipinski definition) is 5. The fourth-order valence-electron chi connectivity index (χ4n) is 4.61. The Hall–Kier alpha value is -2.57. The zero-order chi connectivity index (χ0) is 21.5. The number of carbonyl (C=O) groups excluding carboxylic acids is 1. The maximum Gasteiger partial charge on any atom is 0.417 e. The van der Waals surface area contributed by atoms with E-state index in [1.165, 1.54) is 23.5 Å². The molecule has 2 fully saturated rings. The van der Waals surface area contributed by atoms with Crippen LogP contribution in [0.3, 0.4) is 0 Å². The van der Waals surface area contributed by atoms with Gasteiger partial charge >= 0.3 is 6.18 Å². The third-order valence-electron chi connectivity index (χ3n) is 6.23. The van der Waals surface area contributed by atoms with E-state index in [9.17, 15) is 23.1 Å². The van der Waals surface area contributed by atoms with Crippen LogP contribution in [0.5, 0.6) is 0 Å². The van der Waals surface area contributed by atoms with E-state index < -0.39 is 22.7 Å². The molecule has 1 amide bonds. The number of likely N-dealkylation sites (tertiary alicyclic amines) is 1. The maximum atomic E-state index is 13.4. The third-order valence-corrected chi connectivity index (χ3v) is 6.91. The second-order valence-corrected chi connectivity index (χ2v) is 8.74. The molecule has 9 heteroatoms. The Balaban J connectivity index is 1.59. The molecule has 2 aliphatic heterocycles. The van der Waals surface area contributed by atoms with Crippen LogP contribution in [0.4, 0.5) is 18.9 Å². The molecule has 3 heterocycles. The number of aliphatic hydroxyl groups excluding tert-OH is 1. The molecule has 2 saturated heterocycles. The van der Waals surface area contributed by atoms with Crippen LogP contribution in [0.1, 0.15) is 27.9 Å². The normalized spacial score (nSPS) is 23.9. The number of aliphatic hydroxyl groups is 1. The van der Waals surface area contributed by atoms with E-state index in [-0.39, 0.29) is 18.4 Å². The number of thiophene rings is 1. The predicted molar refractivity (Wildman–Crippen MR) is 106 cm³/mol. The highest BCUT2D eigenvalue weighted by molar-refractivity contribution is 7.08. The molecule has 0 aliphatic carbocycles. The number of benzene rings is 1. The van der Waals surface area contributed by atoms with E-state index >= 15 is 0 Å². The van der Waals surface area contributed by atoms with Crippen molar-refractivity contribution >= 4 is 22.9 Å². The first-order valence-electron chi connectivity index (χ1n) is 9.56. The largest absolute Gasteiger partial charge is 0.417 e. The topological polar surface area (TPSA) is 67.6 Å². The average molecular weight is 435 g/mol. The van der Waals surface area contributed by atoms with Gasteiger partial charge in [-0.1, -0.05) is 0 Å². The minimum Gasteiger partial charge on any atom is -0.396 e. The van der Waals surface area contributed by atoms with Gasteiger partial charge in [-0.25, -0.2) is 0 Å². The lowest BCUT2D eigenvalue weighted by Gasteiger charge is -2.44. The number of anilines is 1. The summed E-state index contributed by atoms with van der Waals surface area (Å²) < 4.78 is 40.1. The zero-order valence-electron chi connectivity index (χ0n) is 16.0. The summed E-state index contributed by atoms with van der Waals surface area (Å²) in [5.74, 6) is 0.00422. The van der Waals surface area contributed by atoms with Gasteiger partial charge in [0.25, 0.3) is 5.91 Å². The van der Waals surface area contributed by atoms with E-state index in [1.807, 2.05) is 10.3 Å². The predicted octanol–water partition coefficient (Wildman–Crippen LogP) is 3.60. The summed E-state index contributed by atoms with van der Waals surface area (Å²) in [5.41, 5.74) is -0.966. The van der Waals surface area contributed by atoms with Crippen molar-refractivity contribution in [3.05, 3.63) is 51.7 Å². The van der Waals surface area contributed by atoms with Gasteiger partial charge in [-0.2, -0.15) is 29.8 Å². The highest BCUT2D eigenvalue weighted by Gasteiger charge is 2.51. The van der Waals surface area contributed by atoms with Crippen LogP contribution in [0, 0.1) is 22.7 Å². The first-order valence-corrected chi connectivity index (χ1v) is 10.5. The number of fused-ring (bicyclic) bond motifs is 1. The van der Waals surface area contributed by atoms with E-state index in [4.69, 9.17) is 5.26 Å². The van der Waals surface area contributed by atoms with Crippen molar-refractivity contribution < 1.29 is 23.1 Å². The van der Waals surface area contributed by atoms with Crippen molar-refractivity contribution in [2.24, 2.45) is 11.3 Å². The number of carbonyl (C=O) groups is 1. The summed E-state index contributed by atoms with van der Waals surface area (Å²) in [6.45, 7) is 1.62. The van der Waals surface area contributed by atoms with Crippen molar-refractivity contribution in [1.29, 1.82) is 5.26 Å². The van der Waals surface area contributed by atoms with Crippen LogP contribution < -0.4 is 4.90 Å². The average Bonchev–Trinajstić information content (AvgIpc) is 3.40. The Morgan fingerprint density at radius 2 is 2.13 bits per heavy atom. The molecule has 1 aromatic heterocycles. The summed E-state index contributed by atoms with van der Waals surface area (Å²) in [4.78, 5) is 16.3. The molecule has 1 aromatic carbocycles. The van der Waals surface area contributed by atoms with E-state index in [2.05, 4.69) is 0 Å². The Bertz CT molecular complexity index is 986. The van der Waals surface area contributed by atoms with Crippen molar-refractivity contribution in [3.8, 4) is 6.07 Å². The Morgan fingerprint density at radius 3 is 2.77 bits per heavy atom. The van der Waals surface area contributed by atoms with Crippen molar-refractivity contribution in [2.75, 3.05) is 37.7 Å². The Morgan fingerprint density at radius 1 is 1.33 bits per heavy atom. The van der Waals surface area contributed by atoms with Gasteiger partial charge in [-0.15, -0.1) is 0 Å². The van der Waals surface area contributed by atoms with Crippen molar-refractivity contribution in [2.45, 2.75) is 12.6 Å². The summed E-state index contributed by atoms with van der Waals surface area (Å²) >= 11 is 1.44. The molecule has 4 rings (SSSR count). The van der Waals surface area contributed by atoms with Crippen LogP contribution in [0.15, 0.2) is 35.0 Å². The summed E-state index contributed by atoms with van der Waals surface area (Å²) in [6.07, 6.45) is -3.96. The fourth-order valence-corrected chi connectivity index (χ4v) is 5.24. The smallest absolute Gasteiger partial charge is 0.396 e. The second kappa shape index (κ2) is 7.60. The van der Waals surface area contributed by atoms with Crippen LogP contribution in [-0.2, 0) is 6.18 Å². The van der Waals surface area contributed by atoms with Gasteiger partial charge in [0.15, 0.2) is 0 Å². The van der Waals surface area contributed by atoms with Crippen LogP contribution in [-0.4, -0.2) is 48.7 Å². The number of rotatable bonds is 3. The molecule has 0 saturated carbocycles. The highest BCUT2D eigenvalue weighted by Crippen LogP contribution is 2.44. The van der Waals surface area contributed by atoms with Gasteiger partial charge in [-0.05, 0) is 42.0 Å². The van der Waals surface area contributed by atoms with Crippen LogP contribution in [0.25, 0.3) is 0 Å². The molecule has 2 aliphatic rings. The lowest BCUT2D eigenvalue weighted by atomic mass is 9.74. The summed E-state index contributed by atoms with van der Waals surface area (Å²) in [7, 11) is 0. The number of nitrogens with zero attached hydrogens (tertiary/aromatic N) is 3. The van der Waals surface area contributed by atoms with Gasteiger partial charge < -0.3 is 14.9 Å². The minimum atomic E-state index is -4.62. The highest BCUT2D eigenvalue weighted by atomic mass is 32.1. The standard InChI is InChI=1S/C21H20F3N3O2S/c22-21(23,24)18-7-17(2-1-14(18)8-25)26-5-3-16-9-27(12-20(16,11-26)13-28)19(29)15-4-6-30-10-15/h1-2,4,6-7,10,16,28H,3,5,9,11-13H2/t16-,20+/m1/s1. The van der Waals surface area contributed by atoms with Crippen LogP contribution >= 0.6 is 11.3 Å². The fraction of sp³-hybridized carbons (Fsp3) is 0.429. The number of halogens is 3. The minimum absolute atomic E-state index is 0.0808. The first kappa shape index (κ1) is 20.7. The summed E-state index contributed by atoms with van der Waals surface area (Å²) in [6, 6.07) is 7.08. The zero-order valence-corrected chi connectivity index (χ0v) is 16.8. The second-order valence-electron chi connectivity index (χ2n) is 7.96. The lowest BCUT2D eigenvalue weighted by Crippen LogP contribution is -2.51. The Kier molecular flexibility index (Phi) is 5.24. The molecule has 0 unspecified atom stereocenters. The molecular weight excluding hydrogens is 415 g/mol. The molecule has 0 bridgehead atoms. The molecule has 0 radical (unpaired) electrons. The quantitative estimate of drug-likeness (QED) is 0.800. The number of alkyl halides is 3. The van der Waals surface area contributed by atoms with Crippen molar-refractivity contribution in [1.82, 2.24) is 4.90 Å². The SMILES string of the molecule is N#Cc1ccc(N2CC[C@@H]3CN(C(=O)c4ccsc4)C[C@]3(CO)C2)cc1C(F)(F)F. The van der Waals surface area contributed by atoms with Gasteiger partial charge in [0.1, 0.15) is 0 Å². The Labute approximate surface area is 175 Å². The van der Waals surface area contributed by atoms with Gasteiger partial charge in [0.05, 0.1) is 29.4 Å². The molecular formula is C21H20F3N3O2S. The first-order chi connectivity index (χ1) is 14.3. The molecule has 30 heavy (non-hydrogen) atoms. The van der Waals surface area contributed by atoms with E-state index in [0.29, 0.717) is 43.9 Å². The van der Waals surface area contributed by atoms with E-state index in [0.717, 1.165) is 6.07 Å². The third kappa shape index (κ3) is 3.55. The van der Waals surface area contributed by atoms with Crippen molar-refractivity contribution in [3.63, 3.8) is 0 Å². The monoisotopic (exact) mass is 435 g/mol. The number of amides is 1. The van der Waals surface area contributed by atoms with E-state index in [1.54, 1.807) is 22.4 Å². The number of nitriles is 1.